The normalized spacial score (nSPS) is 11.1. The minimum atomic E-state index is -0.122. The summed E-state index contributed by atoms with van der Waals surface area (Å²) in [5, 5.41) is 1.09. The van der Waals surface area contributed by atoms with Gasteiger partial charge in [-0.1, -0.05) is 18.2 Å². The molecule has 4 aromatic rings. The predicted octanol–water partition coefficient (Wildman–Crippen LogP) is 3.83. The second kappa shape index (κ2) is 6.72. The molecule has 0 saturated carbocycles. The van der Waals surface area contributed by atoms with Crippen LogP contribution in [0.5, 0.6) is 0 Å². The van der Waals surface area contributed by atoms with Crippen molar-refractivity contribution in [3.63, 3.8) is 0 Å². The van der Waals surface area contributed by atoms with E-state index in [4.69, 9.17) is 4.42 Å². The Balaban J connectivity index is 1.55. The Kier molecular flexibility index (Phi) is 4.24. The third-order valence-corrected chi connectivity index (χ3v) is 4.68. The van der Waals surface area contributed by atoms with Crippen LogP contribution in [0.25, 0.3) is 22.4 Å². The number of nitrogens with zero attached hydrogens (tertiary/aromatic N) is 3. The molecule has 6 heteroatoms. The third-order valence-electron chi connectivity index (χ3n) is 4.68. The van der Waals surface area contributed by atoms with Crippen LogP contribution in [-0.4, -0.2) is 22.0 Å². The van der Waals surface area contributed by atoms with Gasteiger partial charge in [-0.05, 0) is 38.1 Å². The first kappa shape index (κ1) is 17.0. The maximum absolute atomic E-state index is 12.0. The summed E-state index contributed by atoms with van der Waals surface area (Å²) in [6, 6.07) is 13.8. The highest BCUT2D eigenvalue weighted by Gasteiger charge is 2.10. The third kappa shape index (κ3) is 3.33. The fraction of sp³-hybridized carbons (Fsp3) is 0.190. The largest absolute Gasteiger partial charge is 0.459 e. The summed E-state index contributed by atoms with van der Waals surface area (Å²) < 4.78 is 5.87. The molecule has 1 N–H and O–H groups in total. The SMILES string of the molecule is Cc1nc(-c2ccc(N(C)Cc3cc4ccccc4o3)nc2)[nH]c(=O)c1C. The number of furan rings is 1. The van der Waals surface area contributed by atoms with Gasteiger partial charge >= 0.3 is 0 Å². The minimum absolute atomic E-state index is 0.122. The molecule has 0 bridgehead atoms. The molecular formula is C21H20N4O2. The summed E-state index contributed by atoms with van der Waals surface area (Å²) >= 11 is 0. The molecule has 3 heterocycles. The highest BCUT2D eigenvalue weighted by Crippen LogP contribution is 2.22. The number of para-hydroxylation sites is 1. The van der Waals surface area contributed by atoms with Crippen molar-refractivity contribution in [3.8, 4) is 11.4 Å². The fourth-order valence-corrected chi connectivity index (χ4v) is 2.96. The first-order valence-electron chi connectivity index (χ1n) is 8.74. The predicted molar refractivity (Wildman–Crippen MR) is 106 cm³/mol. The van der Waals surface area contributed by atoms with Crippen LogP contribution in [-0.2, 0) is 6.54 Å². The topological polar surface area (TPSA) is 75.0 Å². The van der Waals surface area contributed by atoms with Gasteiger partial charge in [-0.15, -0.1) is 0 Å². The zero-order valence-electron chi connectivity index (χ0n) is 15.5. The van der Waals surface area contributed by atoms with E-state index in [-0.39, 0.29) is 5.56 Å². The van der Waals surface area contributed by atoms with Crippen molar-refractivity contribution in [2.75, 3.05) is 11.9 Å². The molecule has 0 aliphatic carbocycles. The Morgan fingerprint density at radius 2 is 1.96 bits per heavy atom. The molecule has 0 aliphatic rings. The molecule has 0 fully saturated rings. The zero-order chi connectivity index (χ0) is 19.0. The molecule has 0 spiro atoms. The Morgan fingerprint density at radius 3 is 2.67 bits per heavy atom. The van der Waals surface area contributed by atoms with E-state index < -0.39 is 0 Å². The van der Waals surface area contributed by atoms with E-state index in [1.807, 2.05) is 61.3 Å². The van der Waals surface area contributed by atoms with E-state index in [1.54, 1.807) is 13.1 Å². The van der Waals surface area contributed by atoms with Gasteiger partial charge in [0.25, 0.3) is 5.56 Å². The van der Waals surface area contributed by atoms with Gasteiger partial charge in [0.1, 0.15) is 23.0 Å². The molecule has 4 rings (SSSR count). The first-order chi connectivity index (χ1) is 13.0. The van der Waals surface area contributed by atoms with E-state index in [0.717, 1.165) is 33.8 Å². The van der Waals surface area contributed by atoms with Crippen molar-refractivity contribution >= 4 is 16.8 Å². The summed E-state index contributed by atoms with van der Waals surface area (Å²) in [4.78, 5) is 25.7. The summed E-state index contributed by atoms with van der Waals surface area (Å²) in [5.41, 5.74) is 2.89. The average molecular weight is 360 g/mol. The number of H-pyrrole nitrogens is 1. The Bertz CT molecular complexity index is 1130. The second-order valence-corrected chi connectivity index (χ2v) is 6.64. The summed E-state index contributed by atoms with van der Waals surface area (Å²) in [7, 11) is 1.96. The Labute approximate surface area is 156 Å². The highest BCUT2D eigenvalue weighted by atomic mass is 16.3. The quantitative estimate of drug-likeness (QED) is 0.599. The zero-order valence-corrected chi connectivity index (χ0v) is 15.5. The van der Waals surface area contributed by atoms with Gasteiger partial charge in [0.15, 0.2) is 0 Å². The van der Waals surface area contributed by atoms with Crippen molar-refractivity contribution in [2.45, 2.75) is 20.4 Å². The lowest BCUT2D eigenvalue weighted by Gasteiger charge is -2.16. The fourth-order valence-electron chi connectivity index (χ4n) is 2.96. The molecule has 136 valence electrons. The monoisotopic (exact) mass is 360 g/mol. The Hall–Kier alpha value is -3.41. The highest BCUT2D eigenvalue weighted by molar-refractivity contribution is 5.77. The average Bonchev–Trinajstić information content (AvgIpc) is 3.08. The number of fused-ring (bicyclic) bond motifs is 1. The lowest BCUT2D eigenvalue weighted by atomic mass is 10.2. The molecule has 1 aromatic carbocycles. The lowest BCUT2D eigenvalue weighted by Crippen LogP contribution is -2.17. The summed E-state index contributed by atoms with van der Waals surface area (Å²) in [5.74, 6) is 2.22. The maximum atomic E-state index is 12.0. The van der Waals surface area contributed by atoms with Crippen LogP contribution in [0.3, 0.4) is 0 Å². The number of aromatic nitrogens is 3. The van der Waals surface area contributed by atoms with Crippen molar-refractivity contribution < 1.29 is 4.42 Å². The van der Waals surface area contributed by atoms with Crippen molar-refractivity contribution in [1.29, 1.82) is 0 Å². The van der Waals surface area contributed by atoms with Gasteiger partial charge < -0.3 is 14.3 Å². The molecule has 0 saturated heterocycles. The molecular weight excluding hydrogens is 340 g/mol. The smallest absolute Gasteiger partial charge is 0.254 e. The number of anilines is 1. The van der Waals surface area contributed by atoms with Crippen molar-refractivity contribution in [3.05, 3.63) is 76.0 Å². The number of benzene rings is 1. The number of nitrogens with one attached hydrogen (secondary N) is 1. The van der Waals surface area contributed by atoms with Gasteiger partial charge in [-0.2, -0.15) is 0 Å². The van der Waals surface area contributed by atoms with Crippen LogP contribution in [0, 0.1) is 13.8 Å². The van der Waals surface area contributed by atoms with E-state index in [0.29, 0.717) is 17.9 Å². The van der Waals surface area contributed by atoms with Gasteiger partial charge in [-0.3, -0.25) is 4.79 Å². The summed E-state index contributed by atoms with van der Waals surface area (Å²) in [6.45, 7) is 4.20. The van der Waals surface area contributed by atoms with Crippen LogP contribution in [0.2, 0.25) is 0 Å². The Morgan fingerprint density at radius 1 is 1.15 bits per heavy atom. The molecule has 27 heavy (non-hydrogen) atoms. The number of aryl methyl sites for hydroxylation is 1. The molecule has 0 amide bonds. The van der Waals surface area contributed by atoms with Gasteiger partial charge in [-0.25, -0.2) is 9.97 Å². The molecule has 0 aliphatic heterocycles. The van der Waals surface area contributed by atoms with Crippen molar-refractivity contribution in [1.82, 2.24) is 15.0 Å². The lowest BCUT2D eigenvalue weighted by molar-refractivity contribution is 0.545. The van der Waals surface area contributed by atoms with Gasteiger partial charge in [0.05, 0.1) is 6.54 Å². The molecule has 0 atom stereocenters. The minimum Gasteiger partial charge on any atom is -0.459 e. The van der Waals surface area contributed by atoms with Crippen LogP contribution in [0.15, 0.2) is 57.9 Å². The van der Waals surface area contributed by atoms with Crippen LogP contribution < -0.4 is 10.5 Å². The van der Waals surface area contributed by atoms with Crippen molar-refractivity contribution in [2.24, 2.45) is 0 Å². The van der Waals surface area contributed by atoms with Gasteiger partial charge in [0.2, 0.25) is 0 Å². The molecule has 0 unspecified atom stereocenters. The second-order valence-electron chi connectivity index (χ2n) is 6.64. The summed E-state index contributed by atoms with van der Waals surface area (Å²) in [6.07, 6.45) is 1.72. The number of rotatable bonds is 4. The molecule has 3 aromatic heterocycles. The number of hydrogen-bond donors (Lipinski definition) is 1. The van der Waals surface area contributed by atoms with E-state index in [9.17, 15) is 4.79 Å². The number of aromatic amines is 1. The molecule has 0 radical (unpaired) electrons. The van der Waals surface area contributed by atoms with E-state index in [2.05, 4.69) is 15.0 Å². The maximum Gasteiger partial charge on any atom is 0.254 e. The van der Waals surface area contributed by atoms with Gasteiger partial charge in [0, 0.05) is 35.5 Å². The van der Waals surface area contributed by atoms with Crippen LogP contribution >= 0.6 is 0 Å². The van der Waals surface area contributed by atoms with Crippen LogP contribution in [0.1, 0.15) is 17.0 Å². The molecule has 6 nitrogen and oxygen atoms in total. The van der Waals surface area contributed by atoms with Crippen LogP contribution in [0.4, 0.5) is 5.82 Å². The standard InChI is InChI=1S/C21H20N4O2/c1-13-14(2)23-20(24-21(13)26)16-8-9-19(22-11-16)25(3)12-17-10-15-6-4-5-7-18(15)27-17/h4-11H,12H2,1-3H3,(H,23,24,26). The number of pyridine rings is 1. The van der Waals surface area contributed by atoms with E-state index in [1.165, 1.54) is 0 Å². The first-order valence-corrected chi connectivity index (χ1v) is 8.74. The number of hydrogen-bond acceptors (Lipinski definition) is 5. The van der Waals surface area contributed by atoms with E-state index >= 15 is 0 Å².